The number of hydrogen-bond acceptors (Lipinski definition) is 13. The normalized spacial score (nSPS) is 18.6. The zero-order chi connectivity index (χ0) is 52.4. The van der Waals surface area contributed by atoms with Gasteiger partial charge in [-0.15, -0.1) is 0 Å². The Morgan fingerprint density at radius 3 is 1.75 bits per heavy atom. The minimum Gasteiger partial charge on any atom is -0.494 e. The smallest absolute Gasteiger partial charge is 0.260 e. The fraction of sp³-hybridized carbons (Fsp3) is 0.426. The standard InChI is InChI=1S/C54H68FN5O11Si2/c1-65-46-16-13-35(23-41(46)55)37-25-45-54(64)60(33-69-20-22-73(7,8)9)43-29-50(48(67-3)27-40(43)52(62)58(45)31-37)71-18-10-17-70-49-28-42-39(26-47(49)66-2)51(61)57-30-36(34-11-14-38(56)15-12-34)24-44(57)53(63)59(42)32-68-19-21-72(4,5)6/h11-16,23,26-31,44-45,54,64H,10,17-22,24-25,32-33,56H2,1-9H3/t44-,45-,54?/m0/s1. The Bertz CT molecular complexity index is 2780. The van der Waals surface area contributed by atoms with Crippen molar-refractivity contribution >= 4 is 62.1 Å². The van der Waals surface area contributed by atoms with Crippen LogP contribution in [-0.4, -0.2) is 128 Å². The van der Waals surface area contributed by atoms with Crippen molar-refractivity contribution in [3.05, 3.63) is 107 Å². The molecule has 16 nitrogen and oxygen atoms in total. The first kappa shape index (κ1) is 52.9. The van der Waals surface area contributed by atoms with Crippen LogP contribution in [0.15, 0.2) is 79.1 Å². The summed E-state index contributed by atoms with van der Waals surface area (Å²) in [4.78, 5) is 49.7. The summed E-state index contributed by atoms with van der Waals surface area (Å²) in [5.74, 6) is -0.173. The van der Waals surface area contributed by atoms with Crippen LogP contribution >= 0.6 is 0 Å². The summed E-state index contributed by atoms with van der Waals surface area (Å²) in [6.45, 7) is 14.7. The Kier molecular flexibility index (Phi) is 15.9. The van der Waals surface area contributed by atoms with Crippen LogP contribution < -0.4 is 39.2 Å². The van der Waals surface area contributed by atoms with Crippen LogP contribution in [0.25, 0.3) is 11.1 Å². The topological polar surface area (TPSA) is 175 Å². The van der Waals surface area contributed by atoms with Gasteiger partial charge in [0.25, 0.3) is 17.7 Å². The van der Waals surface area contributed by atoms with E-state index in [4.69, 9.17) is 38.9 Å². The van der Waals surface area contributed by atoms with E-state index in [1.54, 1.807) is 59.8 Å². The van der Waals surface area contributed by atoms with Crippen LogP contribution in [0.2, 0.25) is 51.4 Å². The number of aliphatic hydroxyl groups excluding tert-OH is 1. The molecule has 1 unspecified atom stereocenters. The number of nitrogens with two attached hydrogens (primary N) is 1. The molecule has 0 radical (unpaired) electrons. The molecule has 0 aromatic heterocycles. The van der Waals surface area contributed by atoms with E-state index in [-0.39, 0.29) is 67.7 Å². The third kappa shape index (κ3) is 11.7. The summed E-state index contributed by atoms with van der Waals surface area (Å²) in [6.07, 6.45) is 3.15. The van der Waals surface area contributed by atoms with Crippen molar-refractivity contribution in [2.45, 2.75) is 88.9 Å². The van der Waals surface area contributed by atoms with Gasteiger partial charge in [-0.05, 0) is 77.2 Å². The largest absolute Gasteiger partial charge is 0.494 e. The number of nitrogen functional groups attached to an aromatic ring is 1. The highest BCUT2D eigenvalue weighted by atomic mass is 28.3. The molecule has 3 amide bonds. The highest BCUT2D eigenvalue weighted by Gasteiger charge is 2.45. The summed E-state index contributed by atoms with van der Waals surface area (Å²) in [6, 6.07) is 18.9. The van der Waals surface area contributed by atoms with Gasteiger partial charge in [0, 0.05) is 72.4 Å². The summed E-state index contributed by atoms with van der Waals surface area (Å²) in [5, 5.41) is 12.2. The zero-order valence-corrected chi connectivity index (χ0v) is 45.3. The highest BCUT2D eigenvalue weighted by Crippen LogP contribution is 2.45. The average Bonchev–Trinajstić information content (AvgIpc) is 3.98. The van der Waals surface area contributed by atoms with Crippen LogP contribution in [0.4, 0.5) is 21.5 Å². The second kappa shape index (κ2) is 22.0. The van der Waals surface area contributed by atoms with Crippen molar-refractivity contribution in [1.82, 2.24) is 9.80 Å². The van der Waals surface area contributed by atoms with Crippen molar-refractivity contribution in [3.63, 3.8) is 0 Å². The van der Waals surface area contributed by atoms with Crippen LogP contribution in [-0.2, 0) is 14.3 Å². The van der Waals surface area contributed by atoms with E-state index in [0.29, 0.717) is 77.3 Å². The van der Waals surface area contributed by atoms with Gasteiger partial charge in [-0.1, -0.05) is 57.5 Å². The molecule has 4 aliphatic rings. The molecule has 0 spiro atoms. The molecule has 0 fully saturated rings. The molecule has 0 saturated carbocycles. The van der Waals surface area contributed by atoms with Crippen LogP contribution in [0.5, 0.6) is 28.7 Å². The van der Waals surface area contributed by atoms with Gasteiger partial charge >= 0.3 is 0 Å². The Hall–Kier alpha value is -6.39. The molecule has 0 saturated heterocycles. The van der Waals surface area contributed by atoms with Crippen molar-refractivity contribution in [2.24, 2.45) is 0 Å². The zero-order valence-electron chi connectivity index (χ0n) is 43.3. The molecule has 3 N–H and O–H groups in total. The highest BCUT2D eigenvalue weighted by molar-refractivity contribution is 6.76. The third-order valence-electron chi connectivity index (χ3n) is 13.5. The number of nitrogens with zero attached hydrogens (tertiary/aromatic N) is 4. The van der Waals surface area contributed by atoms with Crippen molar-refractivity contribution in [3.8, 4) is 28.7 Å². The van der Waals surface area contributed by atoms with Gasteiger partial charge in [0.2, 0.25) is 0 Å². The molecular weight excluding hydrogens is 970 g/mol. The van der Waals surface area contributed by atoms with Crippen molar-refractivity contribution in [1.29, 1.82) is 0 Å². The fourth-order valence-corrected chi connectivity index (χ4v) is 10.7. The number of amides is 3. The minimum absolute atomic E-state index is 0.00968. The predicted molar refractivity (Wildman–Crippen MR) is 284 cm³/mol. The quantitative estimate of drug-likeness (QED) is 0.0460. The number of aliphatic hydroxyl groups is 1. The Morgan fingerprint density at radius 2 is 1.16 bits per heavy atom. The first-order valence-electron chi connectivity index (χ1n) is 24.7. The molecule has 4 aliphatic heterocycles. The molecule has 4 aromatic carbocycles. The molecule has 8 rings (SSSR count). The van der Waals surface area contributed by atoms with E-state index in [1.807, 2.05) is 12.1 Å². The van der Waals surface area contributed by atoms with E-state index in [2.05, 4.69) is 39.3 Å². The lowest BCUT2D eigenvalue weighted by atomic mass is 10.0. The maximum absolute atomic E-state index is 14.9. The van der Waals surface area contributed by atoms with Gasteiger partial charge in [-0.2, -0.15) is 0 Å². The molecule has 73 heavy (non-hydrogen) atoms. The van der Waals surface area contributed by atoms with Crippen LogP contribution in [0.3, 0.4) is 0 Å². The number of anilines is 3. The van der Waals surface area contributed by atoms with E-state index >= 15 is 0 Å². The summed E-state index contributed by atoms with van der Waals surface area (Å²) in [7, 11) is 1.47. The molecule has 390 valence electrons. The average molecular weight is 1040 g/mol. The molecule has 0 bridgehead atoms. The third-order valence-corrected chi connectivity index (χ3v) is 16.9. The Balaban J connectivity index is 1.02. The first-order chi connectivity index (χ1) is 34.8. The van der Waals surface area contributed by atoms with Gasteiger partial charge in [0.1, 0.15) is 25.7 Å². The number of fused-ring (bicyclic) bond motifs is 4. The molecule has 3 atom stereocenters. The number of hydrogen-bond donors (Lipinski definition) is 2. The number of carbonyl (C=O) groups excluding carboxylic acids is 3. The Labute approximate surface area is 429 Å². The molecule has 19 heteroatoms. The minimum atomic E-state index is -1.46. The maximum Gasteiger partial charge on any atom is 0.260 e. The number of carbonyl (C=O) groups is 3. The van der Waals surface area contributed by atoms with E-state index in [1.165, 1.54) is 48.2 Å². The molecular formula is C54H68FN5O11Si2. The SMILES string of the molecule is COc1ccc(C2=CN3C(=O)c4cc(OC)c(OCCCOc5cc6c(cc5OC)C(=O)N5C=C(c7ccc(N)cc7)C[C@H]5C(=O)N6COCC[Si](C)(C)C)cc4N(COCC[Si](C)(C)C)C(O)[C@@H]3C2)cc1F. The van der Waals surface area contributed by atoms with Crippen molar-refractivity contribution in [2.75, 3.05) is 76.8 Å². The molecule has 4 aromatic rings. The number of methoxy groups -OCH3 is 3. The summed E-state index contributed by atoms with van der Waals surface area (Å²) >= 11 is 0. The van der Waals surface area contributed by atoms with Gasteiger partial charge in [0.05, 0.1) is 63.1 Å². The second-order valence-corrected chi connectivity index (χ2v) is 32.4. The maximum atomic E-state index is 14.9. The monoisotopic (exact) mass is 1040 g/mol. The lowest BCUT2D eigenvalue weighted by Gasteiger charge is -2.34. The van der Waals surface area contributed by atoms with Gasteiger partial charge in [-0.25, -0.2) is 4.39 Å². The number of halogens is 1. The summed E-state index contributed by atoms with van der Waals surface area (Å²) < 4.78 is 56.6. The number of rotatable bonds is 21. The number of benzene rings is 4. The lowest BCUT2D eigenvalue weighted by Crippen LogP contribution is -2.48. The molecule has 0 aliphatic carbocycles. The predicted octanol–water partition coefficient (Wildman–Crippen LogP) is 8.90. The first-order valence-corrected chi connectivity index (χ1v) is 32.1. The van der Waals surface area contributed by atoms with Gasteiger partial charge in [-0.3, -0.25) is 19.3 Å². The summed E-state index contributed by atoms with van der Waals surface area (Å²) in [5.41, 5.74) is 10.8. The fourth-order valence-electron chi connectivity index (χ4n) is 9.22. The lowest BCUT2D eigenvalue weighted by molar-refractivity contribution is -0.122. The van der Waals surface area contributed by atoms with Gasteiger partial charge in [0.15, 0.2) is 34.6 Å². The van der Waals surface area contributed by atoms with E-state index in [0.717, 1.165) is 23.2 Å². The van der Waals surface area contributed by atoms with Crippen LogP contribution in [0.1, 0.15) is 51.1 Å². The van der Waals surface area contributed by atoms with Crippen LogP contribution in [0, 0.1) is 5.82 Å². The second-order valence-electron chi connectivity index (χ2n) is 21.1. The van der Waals surface area contributed by atoms with Gasteiger partial charge < -0.3 is 58.7 Å². The van der Waals surface area contributed by atoms with E-state index in [9.17, 15) is 23.9 Å². The number of ether oxygens (including phenoxy) is 7. The van der Waals surface area contributed by atoms with E-state index < -0.39 is 40.3 Å². The van der Waals surface area contributed by atoms with Crippen molar-refractivity contribution < 1.29 is 57.0 Å². The molecule has 4 heterocycles. The Morgan fingerprint density at radius 1 is 0.630 bits per heavy atom.